The Morgan fingerprint density at radius 1 is 1.35 bits per heavy atom. The second kappa shape index (κ2) is 6.37. The van der Waals surface area contributed by atoms with Gasteiger partial charge in [-0.1, -0.05) is 28.3 Å². The molecule has 122 valence electrons. The van der Waals surface area contributed by atoms with E-state index in [1.165, 1.54) is 11.1 Å². The number of hydrogen-bond donors (Lipinski definition) is 0. The molecule has 1 saturated heterocycles. The van der Waals surface area contributed by atoms with Crippen LogP contribution in [0.15, 0.2) is 18.2 Å². The van der Waals surface area contributed by atoms with Crippen LogP contribution in [-0.4, -0.2) is 39.6 Å². The zero-order valence-corrected chi connectivity index (χ0v) is 14.7. The van der Waals surface area contributed by atoms with Crippen LogP contribution in [0.25, 0.3) is 0 Å². The van der Waals surface area contributed by atoms with Crippen molar-refractivity contribution in [2.45, 2.75) is 39.8 Å². The van der Waals surface area contributed by atoms with Crippen molar-refractivity contribution in [3.05, 3.63) is 45.5 Å². The van der Waals surface area contributed by atoms with Gasteiger partial charge in [-0.3, -0.25) is 4.79 Å². The van der Waals surface area contributed by atoms with Crippen molar-refractivity contribution in [2.24, 2.45) is 0 Å². The van der Waals surface area contributed by atoms with Crippen molar-refractivity contribution < 1.29 is 9.53 Å². The van der Waals surface area contributed by atoms with Gasteiger partial charge in [-0.15, -0.1) is 5.10 Å². The van der Waals surface area contributed by atoms with Crippen LogP contribution in [0.4, 0.5) is 0 Å². The van der Waals surface area contributed by atoms with E-state index in [4.69, 9.17) is 4.74 Å². The van der Waals surface area contributed by atoms with E-state index in [0.717, 1.165) is 17.1 Å². The summed E-state index contributed by atoms with van der Waals surface area (Å²) in [5.41, 5.74) is 4.25. The Labute approximate surface area is 140 Å². The predicted molar refractivity (Wildman–Crippen MR) is 89.8 cm³/mol. The number of nitrogens with zero attached hydrogens (tertiary/aromatic N) is 3. The molecule has 2 aromatic rings. The first kappa shape index (κ1) is 16.1. The molecule has 1 aromatic heterocycles. The third-order valence-corrected chi connectivity index (χ3v) is 5.14. The minimum atomic E-state index is -0.0868. The highest BCUT2D eigenvalue weighted by atomic mass is 32.1. The van der Waals surface area contributed by atoms with Gasteiger partial charge in [-0.2, -0.15) is 0 Å². The summed E-state index contributed by atoms with van der Waals surface area (Å²) in [6.45, 7) is 9.09. The molecule has 0 spiro atoms. The SMILES string of the molecule is Cc1ccc(C)c([C@@H]2CN(C(=O)c3snnc3C)[C@@H](C)CO2)c1. The van der Waals surface area contributed by atoms with E-state index in [1.807, 2.05) is 18.7 Å². The van der Waals surface area contributed by atoms with Gasteiger partial charge in [-0.25, -0.2) is 0 Å². The van der Waals surface area contributed by atoms with Gasteiger partial charge in [0.1, 0.15) is 11.0 Å². The molecule has 1 aromatic carbocycles. The lowest BCUT2D eigenvalue weighted by molar-refractivity contribution is -0.0488. The van der Waals surface area contributed by atoms with Gasteiger partial charge in [0, 0.05) is 0 Å². The summed E-state index contributed by atoms with van der Waals surface area (Å²) in [6, 6.07) is 6.40. The number of morpholine rings is 1. The lowest BCUT2D eigenvalue weighted by Gasteiger charge is -2.38. The van der Waals surface area contributed by atoms with E-state index in [0.29, 0.717) is 23.7 Å². The molecule has 1 aliphatic heterocycles. The van der Waals surface area contributed by atoms with E-state index in [9.17, 15) is 4.79 Å². The molecule has 0 N–H and O–H groups in total. The first-order valence-electron chi connectivity index (χ1n) is 7.76. The first-order chi connectivity index (χ1) is 11.0. The highest BCUT2D eigenvalue weighted by molar-refractivity contribution is 7.07. The molecular formula is C17H21N3O2S. The Morgan fingerprint density at radius 2 is 2.13 bits per heavy atom. The van der Waals surface area contributed by atoms with E-state index in [1.54, 1.807) is 0 Å². The summed E-state index contributed by atoms with van der Waals surface area (Å²) >= 11 is 1.16. The van der Waals surface area contributed by atoms with Crippen molar-refractivity contribution in [3.8, 4) is 0 Å². The molecule has 1 fully saturated rings. The van der Waals surface area contributed by atoms with Crippen LogP contribution in [0, 0.1) is 20.8 Å². The van der Waals surface area contributed by atoms with Crippen molar-refractivity contribution in [3.63, 3.8) is 0 Å². The topological polar surface area (TPSA) is 55.3 Å². The van der Waals surface area contributed by atoms with Gasteiger partial charge in [0.15, 0.2) is 0 Å². The monoisotopic (exact) mass is 331 g/mol. The van der Waals surface area contributed by atoms with Crippen LogP contribution in [-0.2, 0) is 4.74 Å². The molecule has 6 heteroatoms. The minimum Gasteiger partial charge on any atom is -0.370 e. The fourth-order valence-corrected chi connectivity index (χ4v) is 3.51. The predicted octanol–water partition coefficient (Wildman–Crippen LogP) is 3.07. The molecule has 3 rings (SSSR count). The molecule has 0 unspecified atom stereocenters. The Kier molecular flexibility index (Phi) is 4.46. The quantitative estimate of drug-likeness (QED) is 0.849. The average molecular weight is 331 g/mol. The number of aryl methyl sites for hydroxylation is 3. The normalized spacial score (nSPS) is 21.5. The van der Waals surface area contributed by atoms with Crippen LogP contribution in [0.2, 0.25) is 0 Å². The van der Waals surface area contributed by atoms with E-state index < -0.39 is 0 Å². The largest absolute Gasteiger partial charge is 0.370 e. The second-order valence-electron chi connectivity index (χ2n) is 6.18. The fourth-order valence-electron chi connectivity index (χ4n) is 2.89. The van der Waals surface area contributed by atoms with Crippen LogP contribution >= 0.6 is 11.5 Å². The highest BCUT2D eigenvalue weighted by Gasteiger charge is 2.33. The number of aromatic nitrogens is 2. The number of benzene rings is 1. The first-order valence-corrected chi connectivity index (χ1v) is 8.53. The Balaban J connectivity index is 1.86. The van der Waals surface area contributed by atoms with Crippen LogP contribution in [0.1, 0.15) is 45.1 Å². The van der Waals surface area contributed by atoms with Crippen molar-refractivity contribution >= 4 is 17.4 Å². The molecule has 1 aliphatic rings. The van der Waals surface area contributed by atoms with Crippen LogP contribution < -0.4 is 0 Å². The smallest absolute Gasteiger partial charge is 0.267 e. The van der Waals surface area contributed by atoms with Crippen LogP contribution in [0.3, 0.4) is 0 Å². The molecule has 2 atom stereocenters. The summed E-state index contributed by atoms with van der Waals surface area (Å²) in [5, 5.41) is 3.95. The standard InChI is InChI=1S/C17H21N3O2S/c1-10-5-6-11(2)14(7-10)15-8-20(12(3)9-22-15)17(21)16-13(4)18-19-23-16/h5-7,12,15H,8-9H2,1-4H3/t12-,15-/m0/s1. The summed E-state index contributed by atoms with van der Waals surface area (Å²) in [5.74, 6) is 0.00334. The number of ether oxygens (including phenoxy) is 1. The Bertz CT molecular complexity index is 728. The third kappa shape index (κ3) is 3.14. The van der Waals surface area contributed by atoms with Gasteiger partial charge in [0.2, 0.25) is 0 Å². The zero-order chi connectivity index (χ0) is 16.6. The Morgan fingerprint density at radius 3 is 2.83 bits per heavy atom. The summed E-state index contributed by atoms with van der Waals surface area (Å²) < 4.78 is 9.90. The fraction of sp³-hybridized carbons (Fsp3) is 0.471. The lowest BCUT2D eigenvalue weighted by atomic mass is 9.98. The second-order valence-corrected chi connectivity index (χ2v) is 6.93. The molecule has 0 saturated carbocycles. The molecule has 0 aliphatic carbocycles. The van der Waals surface area contributed by atoms with Gasteiger partial charge in [-0.05, 0) is 50.4 Å². The molecule has 0 radical (unpaired) electrons. The van der Waals surface area contributed by atoms with Gasteiger partial charge in [0.05, 0.1) is 24.9 Å². The minimum absolute atomic E-state index is 0.00334. The van der Waals surface area contributed by atoms with E-state index in [2.05, 4.69) is 41.6 Å². The summed E-state index contributed by atoms with van der Waals surface area (Å²) in [4.78, 5) is 15.3. The number of carbonyl (C=O) groups excluding carboxylic acids is 1. The van der Waals surface area contributed by atoms with Gasteiger partial charge in [0.25, 0.3) is 5.91 Å². The molecule has 23 heavy (non-hydrogen) atoms. The van der Waals surface area contributed by atoms with Crippen LogP contribution in [0.5, 0.6) is 0 Å². The number of hydrogen-bond acceptors (Lipinski definition) is 5. The molecule has 5 nitrogen and oxygen atoms in total. The summed E-state index contributed by atoms with van der Waals surface area (Å²) in [6.07, 6.45) is -0.0868. The molecule has 1 amide bonds. The maximum absolute atomic E-state index is 12.8. The zero-order valence-electron chi connectivity index (χ0n) is 13.9. The number of rotatable bonds is 2. The lowest BCUT2D eigenvalue weighted by Crippen LogP contribution is -2.48. The molecule has 0 bridgehead atoms. The number of amides is 1. The third-order valence-electron chi connectivity index (χ3n) is 4.32. The van der Waals surface area contributed by atoms with E-state index >= 15 is 0 Å². The summed E-state index contributed by atoms with van der Waals surface area (Å²) in [7, 11) is 0. The molecule has 2 heterocycles. The van der Waals surface area contributed by atoms with Crippen molar-refractivity contribution in [1.82, 2.24) is 14.5 Å². The number of carbonyl (C=O) groups is 1. The average Bonchev–Trinajstić information content (AvgIpc) is 2.96. The highest BCUT2D eigenvalue weighted by Crippen LogP contribution is 2.29. The maximum atomic E-state index is 12.8. The van der Waals surface area contributed by atoms with Gasteiger partial charge >= 0.3 is 0 Å². The maximum Gasteiger partial charge on any atom is 0.267 e. The van der Waals surface area contributed by atoms with Crippen molar-refractivity contribution in [1.29, 1.82) is 0 Å². The van der Waals surface area contributed by atoms with Crippen molar-refractivity contribution in [2.75, 3.05) is 13.2 Å². The van der Waals surface area contributed by atoms with Gasteiger partial charge < -0.3 is 9.64 Å². The Hall–Kier alpha value is -1.79. The molecular weight excluding hydrogens is 310 g/mol. The van der Waals surface area contributed by atoms with E-state index in [-0.39, 0.29) is 18.1 Å².